The van der Waals surface area contributed by atoms with Crippen molar-refractivity contribution in [1.82, 2.24) is 4.31 Å². The van der Waals surface area contributed by atoms with Crippen molar-refractivity contribution in [3.05, 3.63) is 45.6 Å². The number of benzene rings is 1. The lowest BCUT2D eigenvalue weighted by molar-refractivity contribution is 0.386. The molecule has 1 aromatic carbocycles. The van der Waals surface area contributed by atoms with Crippen molar-refractivity contribution >= 4 is 33.0 Å². The first kappa shape index (κ1) is 16.8. The number of thiophene rings is 1. The van der Waals surface area contributed by atoms with E-state index in [2.05, 4.69) is 0 Å². The van der Waals surface area contributed by atoms with Crippen molar-refractivity contribution in [2.24, 2.45) is 0 Å². The number of rotatable bonds is 7. The number of halogens is 1. The minimum atomic E-state index is -3.63. The molecule has 0 atom stereocenters. The molecule has 0 bridgehead atoms. The molecule has 0 saturated heterocycles. The molecule has 4 nitrogen and oxygen atoms in total. The summed E-state index contributed by atoms with van der Waals surface area (Å²) in [4.78, 5) is 1.33. The second-order valence-corrected chi connectivity index (χ2v) is 8.80. The van der Waals surface area contributed by atoms with Crippen LogP contribution in [0.4, 0.5) is 0 Å². The Kier molecular flexibility index (Phi) is 4.96. The summed E-state index contributed by atoms with van der Waals surface area (Å²) in [6, 6.07) is 8.80. The number of ether oxygens (including phenoxy) is 1. The van der Waals surface area contributed by atoms with E-state index in [9.17, 15) is 8.42 Å². The van der Waals surface area contributed by atoms with Crippen LogP contribution in [0.25, 0.3) is 0 Å². The van der Waals surface area contributed by atoms with Crippen LogP contribution in [0.5, 0.6) is 5.75 Å². The Labute approximate surface area is 145 Å². The van der Waals surface area contributed by atoms with E-state index in [1.165, 1.54) is 18.1 Å². The minimum absolute atomic E-state index is 0.0867. The van der Waals surface area contributed by atoms with E-state index in [0.29, 0.717) is 17.3 Å². The summed E-state index contributed by atoms with van der Waals surface area (Å²) in [6.07, 6.45) is 2.54. The Hall–Kier alpha value is -1.08. The van der Waals surface area contributed by atoms with Gasteiger partial charge >= 0.3 is 0 Å². The van der Waals surface area contributed by atoms with Crippen LogP contribution < -0.4 is 4.74 Å². The Morgan fingerprint density at radius 2 is 2.13 bits per heavy atom. The highest BCUT2D eigenvalue weighted by Gasteiger charge is 2.39. The summed E-state index contributed by atoms with van der Waals surface area (Å²) in [5.74, 6) is 0.330. The van der Waals surface area contributed by atoms with Crippen molar-refractivity contribution in [2.45, 2.75) is 30.2 Å². The van der Waals surface area contributed by atoms with Crippen LogP contribution in [-0.2, 0) is 16.4 Å². The van der Waals surface area contributed by atoms with Gasteiger partial charge in [0.15, 0.2) is 0 Å². The first-order valence-corrected chi connectivity index (χ1v) is 10.1. The highest BCUT2D eigenvalue weighted by Crippen LogP contribution is 2.36. The van der Waals surface area contributed by atoms with Gasteiger partial charge < -0.3 is 4.74 Å². The lowest BCUT2D eigenvalue weighted by Gasteiger charge is -2.23. The minimum Gasteiger partial charge on any atom is -0.495 e. The van der Waals surface area contributed by atoms with Gasteiger partial charge in [-0.3, -0.25) is 0 Å². The molecule has 1 fully saturated rings. The van der Waals surface area contributed by atoms with E-state index in [1.54, 1.807) is 27.8 Å². The monoisotopic (exact) mass is 371 g/mol. The van der Waals surface area contributed by atoms with Crippen LogP contribution in [0.15, 0.2) is 40.6 Å². The van der Waals surface area contributed by atoms with Crippen molar-refractivity contribution in [1.29, 1.82) is 0 Å². The molecule has 0 N–H and O–H groups in total. The standard InChI is InChI=1S/C16H18ClNO3S2/c1-21-15-7-4-12(17)11-16(15)23(19,20)18(13-5-6-13)9-8-14-3-2-10-22-14/h2-4,7,10-11,13H,5-6,8-9H2,1H3. The predicted octanol–water partition coefficient (Wildman–Crippen LogP) is 3.81. The quantitative estimate of drug-likeness (QED) is 0.743. The number of methoxy groups -OCH3 is 1. The molecule has 1 aromatic heterocycles. The summed E-state index contributed by atoms with van der Waals surface area (Å²) in [7, 11) is -2.16. The molecule has 3 rings (SSSR count). The highest BCUT2D eigenvalue weighted by molar-refractivity contribution is 7.89. The molecule has 1 aliphatic carbocycles. The van der Waals surface area contributed by atoms with Gasteiger partial charge in [0.25, 0.3) is 0 Å². The lowest BCUT2D eigenvalue weighted by atomic mass is 10.3. The molecular weight excluding hydrogens is 354 g/mol. The Morgan fingerprint density at radius 1 is 1.35 bits per heavy atom. The Morgan fingerprint density at radius 3 is 2.74 bits per heavy atom. The van der Waals surface area contributed by atoms with Crippen molar-refractivity contribution in [2.75, 3.05) is 13.7 Å². The molecule has 1 saturated carbocycles. The van der Waals surface area contributed by atoms with Crippen LogP contribution in [0.3, 0.4) is 0 Å². The summed E-state index contributed by atoms with van der Waals surface area (Å²) in [5.41, 5.74) is 0. The average Bonchev–Trinajstić information content (AvgIpc) is 3.22. The van der Waals surface area contributed by atoms with Crippen LogP contribution in [-0.4, -0.2) is 32.4 Å². The van der Waals surface area contributed by atoms with Crippen LogP contribution in [0, 0.1) is 0 Å². The smallest absolute Gasteiger partial charge is 0.247 e. The van der Waals surface area contributed by atoms with Gasteiger partial charge in [-0.15, -0.1) is 11.3 Å². The zero-order chi connectivity index (χ0) is 16.4. The van der Waals surface area contributed by atoms with E-state index < -0.39 is 10.0 Å². The zero-order valence-corrected chi connectivity index (χ0v) is 15.1. The van der Waals surface area contributed by atoms with Crippen molar-refractivity contribution in [3.8, 4) is 5.75 Å². The molecule has 0 radical (unpaired) electrons. The SMILES string of the molecule is COc1ccc(Cl)cc1S(=O)(=O)N(CCc1cccs1)C1CC1. The fourth-order valence-corrected chi connectivity index (χ4v) is 5.32. The molecule has 0 aliphatic heterocycles. The Bertz CT molecular complexity index is 771. The molecule has 0 amide bonds. The molecular formula is C16H18ClNO3S2. The van der Waals surface area contributed by atoms with Crippen LogP contribution in [0.2, 0.25) is 5.02 Å². The normalized spacial score (nSPS) is 15.1. The van der Waals surface area contributed by atoms with Gasteiger partial charge in [0, 0.05) is 22.5 Å². The second-order valence-electron chi connectivity index (χ2n) is 5.47. The molecule has 0 unspecified atom stereocenters. The second kappa shape index (κ2) is 6.81. The Balaban J connectivity index is 1.90. The number of hydrogen-bond donors (Lipinski definition) is 0. The van der Waals surface area contributed by atoms with Gasteiger partial charge in [-0.2, -0.15) is 4.31 Å². The molecule has 23 heavy (non-hydrogen) atoms. The largest absolute Gasteiger partial charge is 0.495 e. The van der Waals surface area contributed by atoms with Crippen LogP contribution in [0.1, 0.15) is 17.7 Å². The molecule has 124 valence electrons. The maximum atomic E-state index is 13.1. The first-order valence-electron chi connectivity index (χ1n) is 7.40. The van der Waals surface area contributed by atoms with E-state index in [4.69, 9.17) is 16.3 Å². The van der Waals surface area contributed by atoms with E-state index in [1.807, 2.05) is 17.5 Å². The third kappa shape index (κ3) is 3.71. The van der Waals surface area contributed by atoms with Gasteiger partial charge in [-0.1, -0.05) is 17.7 Å². The maximum absolute atomic E-state index is 13.1. The number of sulfonamides is 1. The molecule has 0 spiro atoms. The molecule has 1 heterocycles. The third-order valence-electron chi connectivity index (χ3n) is 3.83. The van der Waals surface area contributed by atoms with Crippen LogP contribution >= 0.6 is 22.9 Å². The summed E-state index contributed by atoms with van der Waals surface area (Å²) < 4.78 is 33.0. The zero-order valence-electron chi connectivity index (χ0n) is 12.7. The van der Waals surface area contributed by atoms with Gasteiger partial charge in [0.05, 0.1) is 7.11 Å². The van der Waals surface area contributed by atoms with Gasteiger partial charge in [0.2, 0.25) is 10.0 Å². The van der Waals surface area contributed by atoms with Crippen molar-refractivity contribution in [3.63, 3.8) is 0 Å². The van der Waals surface area contributed by atoms with Crippen molar-refractivity contribution < 1.29 is 13.2 Å². The number of hydrogen-bond acceptors (Lipinski definition) is 4. The summed E-state index contributed by atoms with van der Waals surface area (Å²) in [6.45, 7) is 0.475. The van der Waals surface area contributed by atoms with Gasteiger partial charge in [0.1, 0.15) is 10.6 Å². The predicted molar refractivity (Wildman–Crippen MR) is 92.9 cm³/mol. The molecule has 7 heteroatoms. The van der Waals surface area contributed by atoms with E-state index in [-0.39, 0.29) is 10.9 Å². The fourth-order valence-electron chi connectivity index (χ4n) is 2.52. The van der Waals surface area contributed by atoms with Gasteiger partial charge in [-0.25, -0.2) is 8.42 Å². The summed E-state index contributed by atoms with van der Waals surface area (Å²) >= 11 is 7.65. The highest BCUT2D eigenvalue weighted by atomic mass is 35.5. The number of nitrogens with zero attached hydrogens (tertiary/aromatic N) is 1. The topological polar surface area (TPSA) is 46.6 Å². The lowest BCUT2D eigenvalue weighted by Crippen LogP contribution is -2.35. The first-order chi connectivity index (χ1) is 11.0. The van der Waals surface area contributed by atoms with E-state index in [0.717, 1.165) is 19.3 Å². The summed E-state index contributed by atoms with van der Waals surface area (Å²) in [5, 5.41) is 2.39. The molecule has 1 aliphatic rings. The maximum Gasteiger partial charge on any atom is 0.247 e. The van der Waals surface area contributed by atoms with E-state index >= 15 is 0 Å². The molecule has 2 aromatic rings. The fraction of sp³-hybridized carbons (Fsp3) is 0.375. The third-order valence-corrected chi connectivity index (χ3v) is 6.97. The van der Waals surface area contributed by atoms with Gasteiger partial charge in [-0.05, 0) is 48.9 Å². The average molecular weight is 372 g/mol.